The highest BCUT2D eigenvalue weighted by molar-refractivity contribution is 7.46. The maximum atomic E-state index is 12.2. The van der Waals surface area contributed by atoms with Crippen LogP contribution in [0.1, 0.15) is 27.7 Å². The SMILES string of the molecule is CC(C)N(C(C)C)P(O)NCCN(C)C(=O)C(F)(F)F. The number of nitrogens with one attached hydrogen (secondary N) is 1. The fourth-order valence-electron chi connectivity index (χ4n) is 1.75. The van der Waals surface area contributed by atoms with E-state index in [-0.39, 0.29) is 25.2 Å². The Balaban J connectivity index is 4.27. The molecule has 0 radical (unpaired) electrons. The van der Waals surface area contributed by atoms with Crippen LogP contribution >= 0.6 is 8.45 Å². The lowest BCUT2D eigenvalue weighted by Gasteiger charge is -2.34. The summed E-state index contributed by atoms with van der Waals surface area (Å²) in [6, 6.07) is 0.210. The first-order valence-corrected chi connectivity index (χ1v) is 7.56. The van der Waals surface area contributed by atoms with Crippen LogP contribution in [0.2, 0.25) is 0 Å². The van der Waals surface area contributed by atoms with Gasteiger partial charge in [0, 0.05) is 32.2 Å². The van der Waals surface area contributed by atoms with Crippen molar-refractivity contribution in [2.75, 3.05) is 20.1 Å². The van der Waals surface area contributed by atoms with E-state index in [1.165, 1.54) is 0 Å². The van der Waals surface area contributed by atoms with Crippen LogP contribution < -0.4 is 5.09 Å². The number of rotatable bonds is 7. The molecule has 1 unspecified atom stereocenters. The lowest BCUT2D eigenvalue weighted by atomic mass is 10.3. The van der Waals surface area contributed by atoms with Gasteiger partial charge in [0.2, 0.25) is 0 Å². The number of alkyl halides is 3. The Kier molecular flexibility index (Phi) is 7.95. The zero-order valence-corrected chi connectivity index (χ0v) is 13.3. The second-order valence-electron chi connectivity index (χ2n) is 4.99. The first-order valence-electron chi connectivity index (χ1n) is 6.31. The number of hydrogen-bond acceptors (Lipinski definition) is 4. The Hall–Kier alpha value is -0.430. The van der Waals surface area contributed by atoms with Crippen molar-refractivity contribution in [1.82, 2.24) is 14.7 Å². The Bertz CT molecular complexity index is 306. The van der Waals surface area contributed by atoms with Crippen LogP contribution in [-0.4, -0.2) is 58.8 Å². The molecule has 9 heteroatoms. The summed E-state index contributed by atoms with van der Waals surface area (Å²) in [5, 5.41) is 2.77. The number of halogens is 3. The van der Waals surface area contributed by atoms with Crippen LogP contribution in [-0.2, 0) is 4.79 Å². The molecule has 0 rings (SSSR count). The van der Waals surface area contributed by atoms with Crippen LogP contribution in [0.25, 0.3) is 0 Å². The van der Waals surface area contributed by atoms with E-state index in [1.807, 2.05) is 32.4 Å². The molecule has 0 aromatic rings. The molecule has 5 nitrogen and oxygen atoms in total. The molecule has 0 aromatic heterocycles. The predicted molar refractivity (Wildman–Crippen MR) is 72.9 cm³/mol. The van der Waals surface area contributed by atoms with E-state index >= 15 is 0 Å². The summed E-state index contributed by atoms with van der Waals surface area (Å²) >= 11 is 0. The van der Waals surface area contributed by atoms with Gasteiger partial charge in [0.05, 0.1) is 0 Å². The number of carbonyl (C=O) groups is 1. The summed E-state index contributed by atoms with van der Waals surface area (Å²) in [6.07, 6.45) is -4.86. The van der Waals surface area contributed by atoms with E-state index in [9.17, 15) is 22.9 Å². The smallest absolute Gasteiger partial charge is 0.347 e. The van der Waals surface area contributed by atoms with Crippen molar-refractivity contribution in [3.8, 4) is 0 Å². The molecule has 0 aliphatic rings. The highest BCUT2D eigenvalue weighted by Crippen LogP contribution is 2.34. The zero-order valence-electron chi connectivity index (χ0n) is 12.4. The Morgan fingerprint density at radius 2 is 1.70 bits per heavy atom. The summed E-state index contributed by atoms with van der Waals surface area (Å²) < 4.78 is 38.3. The molecular formula is C11H23F3N3O2P. The van der Waals surface area contributed by atoms with Crippen molar-refractivity contribution in [1.29, 1.82) is 0 Å². The van der Waals surface area contributed by atoms with E-state index in [2.05, 4.69) is 5.09 Å². The van der Waals surface area contributed by atoms with Gasteiger partial charge in [-0.1, -0.05) is 0 Å². The molecule has 0 spiro atoms. The molecule has 1 atom stereocenters. The molecule has 20 heavy (non-hydrogen) atoms. The third kappa shape index (κ3) is 6.35. The molecule has 0 aliphatic heterocycles. The minimum atomic E-state index is -4.86. The second kappa shape index (κ2) is 8.12. The number of likely N-dealkylation sites (N-methyl/N-ethyl adjacent to an activating group) is 1. The van der Waals surface area contributed by atoms with Gasteiger partial charge in [-0.15, -0.1) is 0 Å². The fourth-order valence-corrected chi connectivity index (χ4v) is 3.09. The van der Waals surface area contributed by atoms with Gasteiger partial charge in [0.15, 0.2) is 8.45 Å². The Labute approximate surface area is 119 Å². The van der Waals surface area contributed by atoms with Crippen LogP contribution in [0.4, 0.5) is 13.2 Å². The van der Waals surface area contributed by atoms with Crippen molar-refractivity contribution < 1.29 is 22.9 Å². The highest BCUT2D eigenvalue weighted by Gasteiger charge is 2.41. The van der Waals surface area contributed by atoms with Crippen LogP contribution in [0.15, 0.2) is 0 Å². The molecule has 0 fully saturated rings. The molecule has 0 saturated carbocycles. The van der Waals surface area contributed by atoms with Crippen molar-refractivity contribution in [2.45, 2.75) is 46.0 Å². The molecule has 0 aliphatic carbocycles. The van der Waals surface area contributed by atoms with Crippen molar-refractivity contribution >= 4 is 14.4 Å². The van der Waals surface area contributed by atoms with Gasteiger partial charge in [-0.2, -0.15) is 13.2 Å². The monoisotopic (exact) mass is 317 g/mol. The third-order valence-electron chi connectivity index (χ3n) is 2.57. The fraction of sp³-hybridized carbons (Fsp3) is 0.909. The Morgan fingerprint density at radius 3 is 2.05 bits per heavy atom. The molecule has 0 aromatic carbocycles. The molecular weight excluding hydrogens is 294 g/mol. The summed E-state index contributed by atoms with van der Waals surface area (Å²) in [7, 11) is -0.554. The summed E-state index contributed by atoms with van der Waals surface area (Å²) in [4.78, 5) is 21.5. The normalized spacial score (nSPS) is 14.2. The van der Waals surface area contributed by atoms with Crippen molar-refractivity contribution in [3.63, 3.8) is 0 Å². The van der Waals surface area contributed by atoms with Crippen LogP contribution in [0.3, 0.4) is 0 Å². The van der Waals surface area contributed by atoms with Gasteiger partial charge in [-0.3, -0.25) is 9.88 Å². The predicted octanol–water partition coefficient (Wildman–Crippen LogP) is 1.93. The topological polar surface area (TPSA) is 55.8 Å². The van der Waals surface area contributed by atoms with E-state index in [0.29, 0.717) is 4.90 Å². The number of amides is 1. The average Bonchev–Trinajstić information content (AvgIpc) is 2.25. The quantitative estimate of drug-likeness (QED) is 0.705. The van der Waals surface area contributed by atoms with E-state index < -0.39 is 20.5 Å². The Morgan fingerprint density at radius 1 is 1.25 bits per heavy atom. The van der Waals surface area contributed by atoms with E-state index in [0.717, 1.165) is 7.05 Å². The third-order valence-corrected chi connectivity index (χ3v) is 4.43. The van der Waals surface area contributed by atoms with Crippen molar-refractivity contribution in [2.24, 2.45) is 0 Å². The van der Waals surface area contributed by atoms with E-state index in [4.69, 9.17) is 0 Å². The molecule has 1 amide bonds. The van der Waals surface area contributed by atoms with Gasteiger partial charge in [0.25, 0.3) is 0 Å². The molecule has 0 saturated heterocycles. The number of carbonyl (C=O) groups excluding carboxylic acids is 1. The number of hydrogen-bond donors (Lipinski definition) is 2. The molecule has 2 N–H and O–H groups in total. The summed E-state index contributed by atoms with van der Waals surface area (Å²) in [6.45, 7) is 7.66. The second-order valence-corrected chi connectivity index (χ2v) is 6.35. The number of nitrogens with zero attached hydrogens (tertiary/aromatic N) is 2. The highest BCUT2D eigenvalue weighted by atomic mass is 31.2. The van der Waals surface area contributed by atoms with E-state index in [1.54, 1.807) is 0 Å². The lowest BCUT2D eigenvalue weighted by Crippen LogP contribution is -2.42. The van der Waals surface area contributed by atoms with Gasteiger partial charge >= 0.3 is 12.1 Å². The minimum absolute atomic E-state index is 0.0937. The van der Waals surface area contributed by atoms with Crippen LogP contribution in [0, 0.1) is 0 Å². The first-order chi connectivity index (χ1) is 8.98. The van der Waals surface area contributed by atoms with Gasteiger partial charge in [-0.25, -0.2) is 4.67 Å². The summed E-state index contributed by atoms with van der Waals surface area (Å²) in [5.41, 5.74) is 0. The maximum absolute atomic E-state index is 12.2. The van der Waals surface area contributed by atoms with Crippen LogP contribution in [0.5, 0.6) is 0 Å². The average molecular weight is 317 g/mol. The largest absolute Gasteiger partial charge is 0.471 e. The lowest BCUT2D eigenvalue weighted by molar-refractivity contribution is -0.183. The maximum Gasteiger partial charge on any atom is 0.471 e. The molecule has 0 heterocycles. The molecule has 0 bridgehead atoms. The molecule has 120 valence electrons. The van der Waals surface area contributed by atoms with Gasteiger partial charge in [0.1, 0.15) is 0 Å². The minimum Gasteiger partial charge on any atom is -0.347 e. The standard InChI is InChI=1S/C11H23F3N3O2P/c1-8(2)17(9(3)4)20(19)15-6-7-16(5)10(18)11(12,13)14/h8-9,15,19H,6-7H2,1-5H3. The first kappa shape index (κ1) is 19.6. The zero-order chi connectivity index (χ0) is 16.1. The van der Waals surface area contributed by atoms with Gasteiger partial charge < -0.3 is 9.79 Å². The van der Waals surface area contributed by atoms with Crippen molar-refractivity contribution in [3.05, 3.63) is 0 Å². The van der Waals surface area contributed by atoms with Gasteiger partial charge in [-0.05, 0) is 27.7 Å². The summed E-state index contributed by atoms with van der Waals surface area (Å²) in [5.74, 6) is -1.88.